The van der Waals surface area contributed by atoms with Crippen molar-refractivity contribution in [3.63, 3.8) is 0 Å². The van der Waals surface area contributed by atoms with E-state index in [2.05, 4.69) is 12.2 Å². The third-order valence-corrected chi connectivity index (χ3v) is 4.23. The molecule has 1 N–H and O–H groups in total. The molecule has 2 aliphatic rings. The van der Waals surface area contributed by atoms with Crippen LogP contribution in [0.4, 0.5) is 0 Å². The molecule has 1 saturated carbocycles. The first kappa shape index (κ1) is 13.3. The average Bonchev–Trinajstić information content (AvgIpc) is 2.49. The van der Waals surface area contributed by atoms with E-state index >= 15 is 0 Å². The smallest absolute Gasteiger partial charge is 0.251 e. The minimum absolute atomic E-state index is 0.0132. The Balaban J connectivity index is 1.70. The first-order valence-electron chi connectivity index (χ1n) is 7.44. The van der Waals surface area contributed by atoms with Crippen molar-refractivity contribution in [2.75, 3.05) is 13.2 Å². The van der Waals surface area contributed by atoms with Gasteiger partial charge in [0.05, 0.1) is 0 Å². The zero-order valence-electron chi connectivity index (χ0n) is 11.9. The molecule has 0 saturated heterocycles. The molecule has 1 aromatic carbocycles. The maximum Gasteiger partial charge on any atom is 0.251 e. The van der Waals surface area contributed by atoms with Crippen molar-refractivity contribution < 1.29 is 14.3 Å². The second kappa shape index (κ2) is 5.73. The van der Waals surface area contributed by atoms with Crippen molar-refractivity contribution in [1.82, 2.24) is 5.32 Å². The summed E-state index contributed by atoms with van der Waals surface area (Å²) < 4.78 is 11.0. The normalized spacial score (nSPS) is 25.1. The summed E-state index contributed by atoms with van der Waals surface area (Å²) in [5, 5.41) is 3.16. The van der Waals surface area contributed by atoms with Crippen LogP contribution in [0.5, 0.6) is 11.5 Å². The van der Waals surface area contributed by atoms with Crippen molar-refractivity contribution in [3.05, 3.63) is 23.8 Å². The van der Waals surface area contributed by atoms with Crippen LogP contribution >= 0.6 is 0 Å². The van der Waals surface area contributed by atoms with E-state index in [1.54, 1.807) is 12.1 Å². The van der Waals surface area contributed by atoms with Crippen molar-refractivity contribution in [1.29, 1.82) is 0 Å². The SMILES string of the molecule is CC1CCCCC1NC(=O)c1ccc2c(c1)OCCO2. The lowest BCUT2D eigenvalue weighted by atomic mass is 9.86. The van der Waals surface area contributed by atoms with Gasteiger partial charge >= 0.3 is 0 Å². The highest BCUT2D eigenvalue weighted by Gasteiger charge is 2.24. The molecule has 4 nitrogen and oxygen atoms in total. The summed E-state index contributed by atoms with van der Waals surface area (Å²) in [6, 6.07) is 5.69. The number of fused-ring (bicyclic) bond motifs is 1. The third-order valence-electron chi connectivity index (χ3n) is 4.23. The lowest BCUT2D eigenvalue weighted by Crippen LogP contribution is -2.41. The van der Waals surface area contributed by atoms with Crippen LogP contribution in [0.15, 0.2) is 18.2 Å². The van der Waals surface area contributed by atoms with E-state index in [1.807, 2.05) is 6.07 Å². The van der Waals surface area contributed by atoms with Gasteiger partial charge in [0.15, 0.2) is 11.5 Å². The summed E-state index contributed by atoms with van der Waals surface area (Å²) in [7, 11) is 0. The number of rotatable bonds is 2. The molecular formula is C16H21NO3. The number of hydrogen-bond acceptors (Lipinski definition) is 3. The van der Waals surface area contributed by atoms with E-state index in [0.717, 1.165) is 12.2 Å². The van der Waals surface area contributed by atoms with Gasteiger partial charge in [0.25, 0.3) is 5.91 Å². The van der Waals surface area contributed by atoms with E-state index in [9.17, 15) is 4.79 Å². The molecule has 1 amide bonds. The zero-order valence-corrected chi connectivity index (χ0v) is 11.9. The summed E-state index contributed by atoms with van der Waals surface area (Å²) in [6.45, 7) is 3.32. The van der Waals surface area contributed by atoms with Crippen molar-refractivity contribution in [2.45, 2.75) is 38.6 Å². The maximum absolute atomic E-state index is 12.3. The Bertz CT molecular complexity index is 500. The summed E-state index contributed by atoms with van der Waals surface area (Å²) in [6.07, 6.45) is 4.76. The Morgan fingerprint density at radius 3 is 2.70 bits per heavy atom. The molecule has 20 heavy (non-hydrogen) atoms. The van der Waals surface area contributed by atoms with E-state index < -0.39 is 0 Å². The van der Waals surface area contributed by atoms with Gasteiger partial charge in [-0.25, -0.2) is 0 Å². The highest BCUT2D eigenvalue weighted by molar-refractivity contribution is 5.95. The number of ether oxygens (including phenoxy) is 2. The van der Waals surface area contributed by atoms with Gasteiger partial charge in [-0.2, -0.15) is 0 Å². The highest BCUT2D eigenvalue weighted by atomic mass is 16.6. The topological polar surface area (TPSA) is 47.6 Å². The summed E-state index contributed by atoms with van der Waals surface area (Å²) >= 11 is 0. The Labute approximate surface area is 119 Å². The van der Waals surface area contributed by atoms with Gasteiger partial charge in [-0.3, -0.25) is 4.79 Å². The Kier molecular flexibility index (Phi) is 3.81. The minimum atomic E-state index is -0.0132. The van der Waals surface area contributed by atoms with E-state index in [4.69, 9.17) is 9.47 Å². The maximum atomic E-state index is 12.3. The van der Waals surface area contributed by atoms with Crippen LogP contribution in [0.3, 0.4) is 0 Å². The molecule has 4 heteroatoms. The van der Waals surface area contributed by atoms with Crippen LogP contribution in [-0.4, -0.2) is 25.2 Å². The number of amides is 1. The lowest BCUT2D eigenvalue weighted by molar-refractivity contribution is 0.0909. The van der Waals surface area contributed by atoms with E-state index in [-0.39, 0.29) is 5.91 Å². The monoisotopic (exact) mass is 275 g/mol. The van der Waals surface area contributed by atoms with Crippen molar-refractivity contribution in [3.8, 4) is 11.5 Å². The van der Waals surface area contributed by atoms with Crippen molar-refractivity contribution >= 4 is 5.91 Å². The van der Waals surface area contributed by atoms with E-state index in [0.29, 0.717) is 36.5 Å². The summed E-state index contributed by atoms with van der Waals surface area (Å²) in [4.78, 5) is 12.3. The zero-order chi connectivity index (χ0) is 13.9. The van der Waals surface area contributed by atoms with Gasteiger partial charge in [0.2, 0.25) is 0 Å². The van der Waals surface area contributed by atoms with Gasteiger partial charge in [-0.15, -0.1) is 0 Å². The molecule has 1 heterocycles. The predicted octanol–water partition coefficient (Wildman–Crippen LogP) is 2.77. The van der Waals surface area contributed by atoms with Crippen LogP contribution in [0.1, 0.15) is 43.0 Å². The molecule has 0 bridgehead atoms. The number of carbonyl (C=O) groups excluding carboxylic acids is 1. The molecule has 2 atom stereocenters. The average molecular weight is 275 g/mol. The summed E-state index contributed by atoms with van der Waals surface area (Å²) in [5.41, 5.74) is 0.645. The molecule has 0 radical (unpaired) electrons. The first-order chi connectivity index (χ1) is 9.74. The van der Waals surface area contributed by atoms with Gasteiger partial charge in [0.1, 0.15) is 13.2 Å². The third kappa shape index (κ3) is 2.74. The molecule has 1 fully saturated rings. The fourth-order valence-electron chi connectivity index (χ4n) is 2.97. The van der Waals surface area contributed by atoms with Crippen LogP contribution in [0.25, 0.3) is 0 Å². The number of hydrogen-bond donors (Lipinski definition) is 1. The number of nitrogens with one attached hydrogen (secondary N) is 1. The lowest BCUT2D eigenvalue weighted by Gasteiger charge is -2.29. The molecule has 0 spiro atoms. The Hall–Kier alpha value is -1.71. The van der Waals surface area contributed by atoms with Crippen molar-refractivity contribution in [2.24, 2.45) is 5.92 Å². The van der Waals surface area contributed by atoms with Crippen LogP contribution in [0.2, 0.25) is 0 Å². The van der Waals surface area contributed by atoms with Gasteiger partial charge in [-0.05, 0) is 37.0 Å². The van der Waals surface area contributed by atoms with Crippen LogP contribution in [0, 0.1) is 5.92 Å². The molecule has 2 unspecified atom stereocenters. The molecule has 1 aliphatic carbocycles. The Morgan fingerprint density at radius 1 is 1.15 bits per heavy atom. The van der Waals surface area contributed by atoms with Crippen LogP contribution in [-0.2, 0) is 0 Å². The summed E-state index contributed by atoms with van der Waals surface area (Å²) in [5.74, 6) is 1.94. The minimum Gasteiger partial charge on any atom is -0.486 e. The molecule has 3 rings (SSSR count). The molecule has 1 aliphatic heterocycles. The Morgan fingerprint density at radius 2 is 1.90 bits per heavy atom. The number of carbonyl (C=O) groups is 1. The van der Waals surface area contributed by atoms with E-state index in [1.165, 1.54) is 19.3 Å². The second-order valence-corrected chi connectivity index (χ2v) is 5.70. The molecular weight excluding hydrogens is 254 g/mol. The number of benzene rings is 1. The standard InChI is InChI=1S/C16H21NO3/c1-11-4-2-3-5-13(11)17-16(18)12-6-7-14-15(10-12)20-9-8-19-14/h6-7,10-11,13H,2-5,8-9H2,1H3,(H,17,18). The fourth-order valence-corrected chi connectivity index (χ4v) is 2.97. The van der Waals surface area contributed by atoms with Gasteiger partial charge in [0, 0.05) is 11.6 Å². The van der Waals surface area contributed by atoms with Gasteiger partial charge in [-0.1, -0.05) is 19.8 Å². The molecule has 1 aromatic rings. The highest BCUT2D eigenvalue weighted by Crippen LogP contribution is 2.31. The van der Waals surface area contributed by atoms with Gasteiger partial charge < -0.3 is 14.8 Å². The second-order valence-electron chi connectivity index (χ2n) is 5.70. The molecule has 108 valence electrons. The largest absolute Gasteiger partial charge is 0.486 e. The fraction of sp³-hybridized carbons (Fsp3) is 0.562. The quantitative estimate of drug-likeness (QED) is 0.902. The first-order valence-corrected chi connectivity index (χ1v) is 7.44. The van der Waals surface area contributed by atoms with Crippen LogP contribution < -0.4 is 14.8 Å². The molecule has 0 aromatic heterocycles. The predicted molar refractivity (Wildman–Crippen MR) is 76.3 cm³/mol.